The van der Waals surface area contributed by atoms with Crippen LogP contribution in [0, 0.1) is 20.8 Å². The average molecular weight is 526 g/mol. The molecule has 0 aliphatic carbocycles. The maximum absolute atomic E-state index is 12.4. The van der Waals surface area contributed by atoms with Crippen molar-refractivity contribution in [3.05, 3.63) is 119 Å². The number of hydrogen-bond acceptors (Lipinski definition) is 6. The fraction of sp³-hybridized carbons (Fsp3) is 0.133. The van der Waals surface area contributed by atoms with E-state index in [2.05, 4.69) is 53.2 Å². The summed E-state index contributed by atoms with van der Waals surface area (Å²) in [6.07, 6.45) is 1.45. The van der Waals surface area contributed by atoms with Crippen LogP contribution in [0.5, 0.6) is 5.75 Å². The van der Waals surface area contributed by atoms with Crippen molar-refractivity contribution in [1.29, 1.82) is 0 Å². The molecular weight excluding hydrogens is 498 g/mol. The molecule has 7 nitrogen and oxygen atoms in total. The number of nitrogens with zero attached hydrogens (tertiary/aromatic N) is 2. The summed E-state index contributed by atoms with van der Waals surface area (Å²) in [4.78, 5) is 13.5. The standard InChI is InChI=1S/C30H27N3O4S/c1-20-4-14-27(15-5-20)38-29-17-13-25(37-29)18-31-32-30(34)28-16-12-26(36-28)19-35-24-10-8-23(9-11-24)33-21(2)6-7-22(33)3/h4-18H,19H2,1-3H3,(H,32,34)/b31-18+. The minimum atomic E-state index is -0.463. The Labute approximate surface area is 225 Å². The van der Waals surface area contributed by atoms with E-state index in [0.717, 1.165) is 15.7 Å². The number of carbonyl (C=O) groups is 1. The van der Waals surface area contributed by atoms with E-state index in [1.807, 2.05) is 49.4 Å². The summed E-state index contributed by atoms with van der Waals surface area (Å²) in [5.41, 5.74) is 7.08. The molecule has 0 spiro atoms. The summed E-state index contributed by atoms with van der Waals surface area (Å²) in [5.74, 6) is 1.45. The number of nitrogens with one attached hydrogen (secondary N) is 1. The molecule has 1 N–H and O–H groups in total. The smallest absolute Gasteiger partial charge is 0.307 e. The van der Waals surface area contributed by atoms with Gasteiger partial charge in [0, 0.05) is 22.0 Å². The average Bonchev–Trinajstić information content (AvgIpc) is 3.65. The number of rotatable bonds is 9. The van der Waals surface area contributed by atoms with Gasteiger partial charge in [0.15, 0.2) is 10.9 Å². The highest BCUT2D eigenvalue weighted by Gasteiger charge is 2.11. The summed E-state index contributed by atoms with van der Waals surface area (Å²) in [5, 5.41) is 4.71. The third-order valence-corrected chi connectivity index (χ3v) is 6.76. The molecule has 0 saturated carbocycles. The predicted octanol–water partition coefficient (Wildman–Crippen LogP) is 7.08. The summed E-state index contributed by atoms with van der Waals surface area (Å²) in [6, 6.07) is 27.2. The molecule has 192 valence electrons. The highest BCUT2D eigenvalue weighted by atomic mass is 32.2. The quantitative estimate of drug-likeness (QED) is 0.164. The predicted molar refractivity (Wildman–Crippen MR) is 147 cm³/mol. The first-order chi connectivity index (χ1) is 18.4. The highest BCUT2D eigenvalue weighted by molar-refractivity contribution is 7.99. The van der Waals surface area contributed by atoms with E-state index in [1.165, 1.54) is 34.9 Å². The van der Waals surface area contributed by atoms with Crippen molar-refractivity contribution in [3.63, 3.8) is 0 Å². The zero-order valence-electron chi connectivity index (χ0n) is 21.3. The molecule has 3 aromatic heterocycles. The lowest BCUT2D eigenvalue weighted by Gasteiger charge is -2.10. The number of hydrazone groups is 1. The van der Waals surface area contributed by atoms with Crippen LogP contribution in [-0.2, 0) is 6.61 Å². The van der Waals surface area contributed by atoms with Crippen molar-refractivity contribution < 1.29 is 18.4 Å². The second-order valence-corrected chi connectivity index (χ2v) is 9.85. The van der Waals surface area contributed by atoms with E-state index in [-0.39, 0.29) is 12.4 Å². The second kappa shape index (κ2) is 11.3. The molecule has 0 bridgehead atoms. The summed E-state index contributed by atoms with van der Waals surface area (Å²) in [6.45, 7) is 6.40. The fourth-order valence-corrected chi connectivity index (χ4v) is 4.67. The molecule has 3 heterocycles. The van der Waals surface area contributed by atoms with Gasteiger partial charge in [0.1, 0.15) is 23.9 Å². The molecule has 0 unspecified atom stereocenters. The van der Waals surface area contributed by atoms with Gasteiger partial charge in [-0.2, -0.15) is 5.10 Å². The van der Waals surface area contributed by atoms with Gasteiger partial charge >= 0.3 is 5.91 Å². The summed E-state index contributed by atoms with van der Waals surface area (Å²) < 4.78 is 19.4. The van der Waals surface area contributed by atoms with Crippen LogP contribution in [0.25, 0.3) is 5.69 Å². The van der Waals surface area contributed by atoms with Crippen LogP contribution >= 0.6 is 11.8 Å². The van der Waals surface area contributed by atoms with Crippen molar-refractivity contribution in [2.24, 2.45) is 5.10 Å². The van der Waals surface area contributed by atoms with Crippen molar-refractivity contribution >= 4 is 23.9 Å². The van der Waals surface area contributed by atoms with E-state index < -0.39 is 5.91 Å². The van der Waals surface area contributed by atoms with Crippen molar-refractivity contribution in [1.82, 2.24) is 9.99 Å². The Morgan fingerprint density at radius 3 is 2.37 bits per heavy atom. The number of aryl methyl sites for hydroxylation is 3. The molecule has 8 heteroatoms. The number of aromatic nitrogens is 1. The third-order valence-electron chi connectivity index (χ3n) is 5.83. The zero-order valence-corrected chi connectivity index (χ0v) is 22.1. The third kappa shape index (κ3) is 6.10. The number of hydrogen-bond donors (Lipinski definition) is 1. The van der Waals surface area contributed by atoms with E-state index >= 15 is 0 Å². The van der Waals surface area contributed by atoms with Gasteiger partial charge in [0.2, 0.25) is 0 Å². The molecule has 0 aliphatic rings. The minimum absolute atomic E-state index is 0.143. The second-order valence-electron chi connectivity index (χ2n) is 8.77. The Bertz CT molecular complexity index is 1540. The maximum Gasteiger partial charge on any atom is 0.307 e. The van der Waals surface area contributed by atoms with E-state index in [0.29, 0.717) is 17.3 Å². The van der Waals surface area contributed by atoms with Crippen LogP contribution in [0.1, 0.15) is 39.0 Å². The molecule has 0 radical (unpaired) electrons. The van der Waals surface area contributed by atoms with Gasteiger partial charge in [-0.25, -0.2) is 5.43 Å². The van der Waals surface area contributed by atoms with Crippen LogP contribution in [-0.4, -0.2) is 16.7 Å². The van der Waals surface area contributed by atoms with Crippen molar-refractivity contribution in [3.8, 4) is 11.4 Å². The molecule has 0 saturated heterocycles. The van der Waals surface area contributed by atoms with E-state index in [4.69, 9.17) is 13.6 Å². The van der Waals surface area contributed by atoms with Crippen LogP contribution in [0.4, 0.5) is 0 Å². The maximum atomic E-state index is 12.4. The molecule has 1 amide bonds. The van der Waals surface area contributed by atoms with Crippen LogP contribution < -0.4 is 10.2 Å². The molecular formula is C30H27N3O4S. The number of amides is 1. The number of carbonyl (C=O) groups excluding carboxylic acids is 1. The number of furan rings is 2. The van der Waals surface area contributed by atoms with Crippen LogP contribution in [0.3, 0.4) is 0 Å². The Morgan fingerprint density at radius 1 is 0.895 bits per heavy atom. The summed E-state index contributed by atoms with van der Waals surface area (Å²) >= 11 is 1.52. The van der Waals surface area contributed by atoms with Crippen molar-refractivity contribution in [2.75, 3.05) is 0 Å². The van der Waals surface area contributed by atoms with Crippen LogP contribution in [0.15, 0.2) is 109 Å². The lowest BCUT2D eigenvalue weighted by molar-refractivity contribution is 0.0923. The van der Waals surface area contributed by atoms with Gasteiger partial charge in [0.05, 0.1) is 6.21 Å². The molecule has 38 heavy (non-hydrogen) atoms. The van der Waals surface area contributed by atoms with Gasteiger partial charge in [-0.05, 0) is 93.6 Å². The topological polar surface area (TPSA) is 81.9 Å². The van der Waals surface area contributed by atoms with E-state index in [1.54, 1.807) is 18.2 Å². The van der Waals surface area contributed by atoms with Gasteiger partial charge in [0.25, 0.3) is 0 Å². The molecule has 5 rings (SSSR count). The molecule has 2 aromatic carbocycles. The monoisotopic (exact) mass is 525 g/mol. The molecule has 0 atom stereocenters. The molecule has 0 aliphatic heterocycles. The van der Waals surface area contributed by atoms with Crippen molar-refractivity contribution in [2.45, 2.75) is 37.4 Å². The van der Waals surface area contributed by atoms with Gasteiger partial charge < -0.3 is 18.1 Å². The summed E-state index contributed by atoms with van der Waals surface area (Å²) in [7, 11) is 0. The minimum Gasteiger partial charge on any atom is -0.486 e. The fourth-order valence-electron chi connectivity index (χ4n) is 3.89. The van der Waals surface area contributed by atoms with Gasteiger partial charge in [-0.15, -0.1) is 0 Å². The van der Waals surface area contributed by atoms with E-state index in [9.17, 15) is 4.79 Å². The Morgan fingerprint density at radius 2 is 1.63 bits per heavy atom. The Kier molecular flexibility index (Phi) is 7.51. The van der Waals surface area contributed by atoms with Crippen LogP contribution in [0.2, 0.25) is 0 Å². The Balaban J connectivity index is 1.11. The number of benzene rings is 2. The highest BCUT2D eigenvalue weighted by Crippen LogP contribution is 2.29. The first kappa shape index (κ1) is 25.2. The lowest BCUT2D eigenvalue weighted by Crippen LogP contribution is -2.16. The number of ether oxygens (including phenoxy) is 1. The Hall–Kier alpha value is -4.43. The SMILES string of the molecule is Cc1ccc(Sc2ccc(/C=N/NC(=O)c3ccc(COc4ccc(-n5c(C)ccc5C)cc4)o3)o2)cc1. The van der Waals surface area contributed by atoms with Gasteiger partial charge in [-0.1, -0.05) is 29.5 Å². The molecule has 5 aromatic rings. The normalized spacial score (nSPS) is 11.2. The van der Waals surface area contributed by atoms with Gasteiger partial charge in [-0.3, -0.25) is 4.79 Å². The lowest BCUT2D eigenvalue weighted by atomic mass is 10.2. The zero-order chi connectivity index (χ0) is 26.5. The largest absolute Gasteiger partial charge is 0.486 e. The first-order valence-electron chi connectivity index (χ1n) is 12.1. The first-order valence-corrected chi connectivity index (χ1v) is 12.9. The molecule has 0 fully saturated rings.